The van der Waals surface area contributed by atoms with Crippen LogP contribution in [0.1, 0.15) is 92.9 Å². The highest BCUT2D eigenvalue weighted by Crippen LogP contribution is 2.29. The van der Waals surface area contributed by atoms with E-state index in [2.05, 4.69) is 29.2 Å². The van der Waals surface area contributed by atoms with Gasteiger partial charge in [0.1, 0.15) is 5.75 Å². The summed E-state index contributed by atoms with van der Waals surface area (Å²) >= 11 is 0. The summed E-state index contributed by atoms with van der Waals surface area (Å²) in [6.07, 6.45) is 12.3. The largest absolute Gasteiger partial charge is 0.490 e. The van der Waals surface area contributed by atoms with Crippen LogP contribution in [-0.4, -0.2) is 89.9 Å². The molecule has 44 heavy (non-hydrogen) atoms. The Morgan fingerprint density at radius 2 is 1.80 bits per heavy atom. The van der Waals surface area contributed by atoms with E-state index in [1.807, 2.05) is 13.8 Å². The molecular formula is C35H52N4O5. The summed E-state index contributed by atoms with van der Waals surface area (Å²) in [5, 5.41) is 13.1. The topological polar surface area (TPSA) is 104 Å². The highest BCUT2D eigenvalue weighted by molar-refractivity contribution is 6.05. The molecule has 1 aliphatic carbocycles. The van der Waals surface area contributed by atoms with Crippen LogP contribution in [0.4, 0.5) is 5.69 Å². The molecule has 2 aliphatic rings. The molecule has 1 aliphatic heterocycles. The van der Waals surface area contributed by atoms with Crippen molar-refractivity contribution in [3.63, 3.8) is 0 Å². The Kier molecular flexibility index (Phi) is 13.0. The van der Waals surface area contributed by atoms with Crippen LogP contribution in [0, 0.1) is 11.8 Å². The number of rotatable bonds is 8. The molecule has 1 saturated carbocycles. The molecule has 242 valence electrons. The molecule has 4 atom stereocenters. The Morgan fingerprint density at radius 1 is 1.07 bits per heavy atom. The van der Waals surface area contributed by atoms with E-state index >= 15 is 0 Å². The summed E-state index contributed by atoms with van der Waals surface area (Å²) < 4.78 is 12.8. The molecular weight excluding hydrogens is 556 g/mol. The number of hydrogen-bond donors (Lipinski definition) is 2. The van der Waals surface area contributed by atoms with Crippen LogP contribution in [0.3, 0.4) is 0 Å². The van der Waals surface area contributed by atoms with Gasteiger partial charge in [-0.05, 0) is 89.2 Å². The SMILES string of the molecule is C[C@@H]1CCCCO[C@@H](CN(C)CC2CCCCC2)[C@@H](C)CN([C@H](C)CO)C(=O)c2cc(NC(=O)c3ccncc3)ccc2O1. The van der Waals surface area contributed by atoms with Crippen molar-refractivity contribution < 1.29 is 24.2 Å². The number of anilines is 1. The van der Waals surface area contributed by atoms with Gasteiger partial charge in [0, 0.05) is 55.8 Å². The molecule has 2 aromatic rings. The molecule has 1 aromatic carbocycles. The summed E-state index contributed by atoms with van der Waals surface area (Å²) in [5.41, 5.74) is 1.33. The number of pyridine rings is 1. The van der Waals surface area contributed by atoms with Crippen molar-refractivity contribution in [1.82, 2.24) is 14.8 Å². The predicted molar refractivity (Wildman–Crippen MR) is 173 cm³/mol. The van der Waals surface area contributed by atoms with Gasteiger partial charge < -0.3 is 29.7 Å². The maximum atomic E-state index is 14.3. The van der Waals surface area contributed by atoms with Gasteiger partial charge in [-0.1, -0.05) is 26.2 Å². The Labute approximate surface area is 263 Å². The molecule has 2 N–H and O–H groups in total. The maximum absolute atomic E-state index is 14.3. The van der Waals surface area contributed by atoms with E-state index in [9.17, 15) is 14.7 Å². The lowest BCUT2D eigenvalue weighted by molar-refractivity contribution is -0.0190. The molecule has 0 bridgehead atoms. The van der Waals surface area contributed by atoms with Gasteiger partial charge in [-0.2, -0.15) is 0 Å². The lowest BCUT2D eigenvalue weighted by atomic mass is 9.89. The van der Waals surface area contributed by atoms with E-state index in [1.54, 1.807) is 47.6 Å². The lowest BCUT2D eigenvalue weighted by Gasteiger charge is -2.36. The van der Waals surface area contributed by atoms with Gasteiger partial charge >= 0.3 is 0 Å². The third-order valence-electron chi connectivity index (χ3n) is 9.04. The molecule has 0 spiro atoms. The minimum atomic E-state index is -0.418. The quantitative estimate of drug-likeness (QED) is 0.400. The fourth-order valence-corrected chi connectivity index (χ4v) is 6.36. The van der Waals surface area contributed by atoms with Crippen molar-refractivity contribution in [2.24, 2.45) is 11.8 Å². The second-order valence-corrected chi connectivity index (χ2v) is 12.9. The molecule has 1 aromatic heterocycles. The first kappa shape index (κ1) is 33.9. The molecule has 9 heteroatoms. The van der Waals surface area contributed by atoms with Crippen LogP contribution < -0.4 is 10.1 Å². The summed E-state index contributed by atoms with van der Waals surface area (Å²) in [6.45, 7) is 8.80. The fourth-order valence-electron chi connectivity index (χ4n) is 6.36. The minimum Gasteiger partial charge on any atom is -0.490 e. The van der Waals surface area contributed by atoms with Gasteiger partial charge in [0.05, 0.1) is 30.4 Å². The number of aliphatic hydroxyl groups is 1. The Bertz CT molecular complexity index is 1190. The van der Waals surface area contributed by atoms with E-state index in [1.165, 1.54) is 32.1 Å². The number of aromatic nitrogens is 1. The fraction of sp³-hybridized carbons (Fsp3) is 0.629. The third-order valence-corrected chi connectivity index (χ3v) is 9.04. The molecule has 0 radical (unpaired) electrons. The number of carbonyl (C=O) groups excluding carboxylic acids is 2. The molecule has 0 unspecified atom stereocenters. The molecule has 0 saturated heterocycles. The van der Waals surface area contributed by atoms with Crippen LogP contribution >= 0.6 is 0 Å². The monoisotopic (exact) mass is 608 g/mol. The number of hydrogen-bond acceptors (Lipinski definition) is 7. The first-order valence-corrected chi connectivity index (χ1v) is 16.5. The van der Waals surface area contributed by atoms with Crippen molar-refractivity contribution in [1.29, 1.82) is 0 Å². The highest BCUT2D eigenvalue weighted by Gasteiger charge is 2.31. The smallest absolute Gasteiger partial charge is 0.258 e. The predicted octanol–water partition coefficient (Wildman–Crippen LogP) is 5.64. The van der Waals surface area contributed by atoms with Crippen LogP contribution in [0.5, 0.6) is 5.75 Å². The number of fused-ring (bicyclic) bond motifs is 1. The number of nitrogens with zero attached hydrogens (tertiary/aromatic N) is 3. The average molecular weight is 609 g/mol. The van der Waals surface area contributed by atoms with Gasteiger partial charge in [0.25, 0.3) is 11.8 Å². The van der Waals surface area contributed by atoms with Crippen LogP contribution in [0.25, 0.3) is 0 Å². The number of benzene rings is 1. The summed E-state index contributed by atoms with van der Waals surface area (Å²) in [4.78, 5) is 35.3. The van der Waals surface area contributed by atoms with Crippen molar-refractivity contribution in [3.8, 4) is 5.75 Å². The van der Waals surface area contributed by atoms with Crippen molar-refractivity contribution in [2.45, 2.75) is 90.4 Å². The van der Waals surface area contributed by atoms with Crippen molar-refractivity contribution in [3.05, 3.63) is 53.9 Å². The third kappa shape index (κ3) is 9.74. The number of carbonyl (C=O) groups is 2. The number of nitrogens with one attached hydrogen (secondary N) is 1. The molecule has 4 rings (SSSR count). The van der Waals surface area contributed by atoms with Gasteiger partial charge in [0.2, 0.25) is 0 Å². The molecule has 2 heterocycles. The van der Waals surface area contributed by atoms with Crippen LogP contribution in [0.2, 0.25) is 0 Å². The van der Waals surface area contributed by atoms with Gasteiger partial charge in [-0.3, -0.25) is 14.6 Å². The van der Waals surface area contributed by atoms with E-state index in [4.69, 9.17) is 9.47 Å². The zero-order chi connectivity index (χ0) is 31.5. The van der Waals surface area contributed by atoms with E-state index in [0.29, 0.717) is 35.7 Å². The van der Waals surface area contributed by atoms with Crippen molar-refractivity contribution >= 4 is 17.5 Å². The average Bonchev–Trinajstić information content (AvgIpc) is 3.03. The number of amides is 2. The molecule has 2 amide bonds. The zero-order valence-corrected chi connectivity index (χ0v) is 27.0. The Balaban J connectivity index is 1.59. The zero-order valence-electron chi connectivity index (χ0n) is 27.0. The lowest BCUT2D eigenvalue weighted by Crippen LogP contribution is -2.47. The first-order chi connectivity index (χ1) is 21.2. The Morgan fingerprint density at radius 3 is 2.52 bits per heavy atom. The Hall–Kier alpha value is -3.01. The van der Waals surface area contributed by atoms with Gasteiger partial charge in [-0.25, -0.2) is 0 Å². The second-order valence-electron chi connectivity index (χ2n) is 12.9. The summed E-state index contributed by atoms with van der Waals surface area (Å²) in [6, 6.07) is 8.07. The summed E-state index contributed by atoms with van der Waals surface area (Å²) in [5.74, 6) is 0.710. The van der Waals surface area contributed by atoms with E-state index in [-0.39, 0.29) is 36.5 Å². The van der Waals surface area contributed by atoms with E-state index < -0.39 is 6.04 Å². The van der Waals surface area contributed by atoms with Crippen molar-refractivity contribution in [2.75, 3.05) is 45.2 Å². The van der Waals surface area contributed by atoms with E-state index in [0.717, 1.165) is 38.3 Å². The summed E-state index contributed by atoms with van der Waals surface area (Å²) in [7, 11) is 2.19. The molecule has 9 nitrogen and oxygen atoms in total. The van der Waals surface area contributed by atoms with Gasteiger partial charge in [0.15, 0.2) is 0 Å². The van der Waals surface area contributed by atoms with Crippen LogP contribution in [0.15, 0.2) is 42.7 Å². The van der Waals surface area contributed by atoms with Crippen LogP contribution in [-0.2, 0) is 4.74 Å². The first-order valence-electron chi connectivity index (χ1n) is 16.5. The maximum Gasteiger partial charge on any atom is 0.258 e. The number of aliphatic hydroxyl groups excluding tert-OH is 1. The highest BCUT2D eigenvalue weighted by atomic mass is 16.5. The minimum absolute atomic E-state index is 0.0302. The normalized spacial score (nSPS) is 23.4. The van der Waals surface area contributed by atoms with Gasteiger partial charge in [-0.15, -0.1) is 0 Å². The number of ether oxygens (including phenoxy) is 2. The second kappa shape index (κ2) is 16.9. The molecule has 1 fully saturated rings. The standard InChI is InChI=1S/C35H52N4O5/c1-25-21-39(26(2)24-40)35(42)31-20-30(37-34(41)29-15-17-36-18-16-29)13-14-32(31)44-27(3)10-8-9-19-43-33(25)23-38(4)22-28-11-6-5-7-12-28/h13-18,20,25-28,33,40H,5-12,19,21-24H2,1-4H3,(H,37,41)/t25-,26+,27+,33-/m0/s1. The number of likely N-dealkylation sites (N-methyl/N-ethyl adjacent to an activating group) is 1.